The highest BCUT2D eigenvalue weighted by Crippen LogP contribution is 2.34. The highest BCUT2D eigenvalue weighted by molar-refractivity contribution is 7.60. The van der Waals surface area contributed by atoms with Crippen LogP contribution in [0.4, 0.5) is 0 Å². The predicted octanol–water partition coefficient (Wildman–Crippen LogP) is 1.91. The van der Waals surface area contributed by atoms with Crippen molar-refractivity contribution in [3.63, 3.8) is 0 Å². The molecule has 0 fully saturated rings. The molecule has 76 valence electrons. The van der Waals surface area contributed by atoms with Gasteiger partial charge in [0.2, 0.25) is 0 Å². The molecule has 0 aromatic heterocycles. The summed E-state index contributed by atoms with van der Waals surface area (Å²) in [6.45, 7) is 1.97. The highest BCUT2D eigenvalue weighted by Gasteiger charge is 2.19. The molecule has 0 aliphatic heterocycles. The minimum absolute atomic E-state index is 0.0877. The third kappa shape index (κ3) is 2.81. The summed E-state index contributed by atoms with van der Waals surface area (Å²) in [5, 5.41) is 0.0877. The molecule has 1 rings (SSSR count). The average Bonchev–Trinajstić information content (AvgIpc) is 2.14. The molecule has 4 heteroatoms. The zero-order valence-electron chi connectivity index (χ0n) is 7.92. The van der Waals surface area contributed by atoms with Gasteiger partial charge in [-0.3, -0.25) is 4.57 Å². The molecule has 1 aromatic rings. The molecule has 0 heterocycles. The van der Waals surface area contributed by atoms with Crippen molar-refractivity contribution in [1.29, 1.82) is 0 Å². The van der Waals surface area contributed by atoms with Crippen LogP contribution in [0, 0.1) is 0 Å². The van der Waals surface area contributed by atoms with Crippen LogP contribution in [0.5, 0.6) is 0 Å². The largest absolute Gasteiger partial charge is 0.356 e. The van der Waals surface area contributed by atoms with Crippen molar-refractivity contribution >= 4 is 19.0 Å². The van der Waals surface area contributed by atoms with Crippen molar-refractivity contribution in [2.75, 3.05) is 0 Å². The number of benzene rings is 1. The zero-order valence-corrected chi connectivity index (χ0v) is 8.82. The first-order valence-corrected chi connectivity index (χ1v) is 5.98. The van der Waals surface area contributed by atoms with Crippen molar-refractivity contribution in [3.8, 4) is 0 Å². The summed E-state index contributed by atoms with van der Waals surface area (Å²) in [4.78, 5) is 18.1. The van der Waals surface area contributed by atoms with Crippen LogP contribution in [0.2, 0.25) is 0 Å². The third-order valence-electron chi connectivity index (χ3n) is 1.78. The van der Waals surface area contributed by atoms with Crippen molar-refractivity contribution in [2.45, 2.75) is 13.3 Å². The van der Waals surface area contributed by atoms with Gasteiger partial charge in [0.05, 0.1) is 5.30 Å². The Kier molecular flexibility index (Phi) is 3.64. The van der Waals surface area contributed by atoms with E-state index in [4.69, 9.17) is 9.79 Å². The molecule has 0 saturated heterocycles. The molecule has 0 saturated carbocycles. The second-order valence-corrected chi connectivity index (χ2v) is 4.48. The Morgan fingerprint density at radius 2 is 2.00 bits per heavy atom. The summed E-state index contributed by atoms with van der Waals surface area (Å²) in [6, 6.07) is 6.53. The molecule has 14 heavy (non-hydrogen) atoms. The van der Waals surface area contributed by atoms with E-state index in [1.165, 1.54) is 6.07 Å². The smallest absolute Gasteiger partial charge is 0.321 e. The zero-order chi connectivity index (χ0) is 10.6. The number of hydrogen-bond acceptors (Lipinski definition) is 1. The van der Waals surface area contributed by atoms with E-state index >= 15 is 0 Å². The first-order chi connectivity index (χ1) is 6.55. The first-order valence-electron chi connectivity index (χ1n) is 4.37. The van der Waals surface area contributed by atoms with Gasteiger partial charge in [-0.25, -0.2) is 0 Å². The molecule has 3 nitrogen and oxygen atoms in total. The summed E-state index contributed by atoms with van der Waals surface area (Å²) in [7, 11) is -4.15. The standard InChI is InChI=1S/C10H13O3P/c1-2-3-6-9-7-4-5-8-10(9)14(11,12)13/h3-8H,2H2,1H3,(H2,11,12,13)/b6-3+. The predicted molar refractivity (Wildman–Crippen MR) is 57.4 cm³/mol. The quantitative estimate of drug-likeness (QED) is 0.752. The first kappa shape index (κ1) is 11.2. The van der Waals surface area contributed by atoms with Gasteiger partial charge in [-0.2, -0.15) is 0 Å². The van der Waals surface area contributed by atoms with Crippen molar-refractivity contribution in [1.82, 2.24) is 0 Å². The van der Waals surface area contributed by atoms with Crippen LogP contribution >= 0.6 is 7.60 Å². The molecule has 2 N–H and O–H groups in total. The van der Waals surface area contributed by atoms with Gasteiger partial charge < -0.3 is 9.79 Å². The van der Waals surface area contributed by atoms with Crippen molar-refractivity contribution < 1.29 is 14.4 Å². The van der Waals surface area contributed by atoms with Gasteiger partial charge in [-0.1, -0.05) is 37.3 Å². The lowest BCUT2D eigenvalue weighted by atomic mass is 10.2. The molecule has 0 bridgehead atoms. The van der Waals surface area contributed by atoms with Gasteiger partial charge in [-0.05, 0) is 18.1 Å². The van der Waals surface area contributed by atoms with Gasteiger partial charge in [0.15, 0.2) is 0 Å². The molecule has 0 atom stereocenters. The molecular formula is C10H13O3P. The summed E-state index contributed by atoms with van der Waals surface area (Å²) in [5.74, 6) is 0. The van der Waals surface area contributed by atoms with Crippen LogP contribution in [0.1, 0.15) is 18.9 Å². The molecule has 1 aromatic carbocycles. The Hall–Kier alpha value is -0.890. The SMILES string of the molecule is CC/C=C/c1ccccc1P(=O)(O)O. The summed E-state index contributed by atoms with van der Waals surface area (Å²) < 4.78 is 11.1. The monoisotopic (exact) mass is 212 g/mol. The fourth-order valence-corrected chi connectivity index (χ4v) is 1.90. The molecule has 0 amide bonds. The molecule has 0 radical (unpaired) electrons. The van der Waals surface area contributed by atoms with E-state index in [9.17, 15) is 4.57 Å². The summed E-state index contributed by atoms with van der Waals surface area (Å²) >= 11 is 0. The minimum Gasteiger partial charge on any atom is -0.321 e. The number of allylic oxidation sites excluding steroid dienone is 1. The van der Waals surface area contributed by atoms with Crippen LogP contribution in [0.25, 0.3) is 6.08 Å². The maximum absolute atomic E-state index is 11.1. The Balaban J connectivity index is 3.17. The van der Waals surface area contributed by atoms with Crippen LogP contribution in [0.3, 0.4) is 0 Å². The Morgan fingerprint density at radius 1 is 1.36 bits per heavy atom. The van der Waals surface area contributed by atoms with Crippen LogP contribution in [0.15, 0.2) is 30.3 Å². The second-order valence-electron chi connectivity index (χ2n) is 2.91. The molecular weight excluding hydrogens is 199 g/mol. The van der Waals surface area contributed by atoms with E-state index in [1.807, 2.05) is 13.0 Å². The fourth-order valence-electron chi connectivity index (χ4n) is 1.14. The Morgan fingerprint density at radius 3 is 2.57 bits per heavy atom. The van der Waals surface area contributed by atoms with E-state index < -0.39 is 7.60 Å². The fraction of sp³-hybridized carbons (Fsp3) is 0.200. The normalized spacial score (nSPS) is 12.2. The summed E-state index contributed by atoms with van der Waals surface area (Å²) in [6.07, 6.45) is 4.44. The lowest BCUT2D eigenvalue weighted by Gasteiger charge is -2.06. The third-order valence-corrected chi connectivity index (χ3v) is 2.82. The molecule has 0 aliphatic rings. The lowest BCUT2D eigenvalue weighted by molar-refractivity contribution is 0.387. The van der Waals surface area contributed by atoms with E-state index in [1.54, 1.807) is 24.3 Å². The van der Waals surface area contributed by atoms with Crippen molar-refractivity contribution in [3.05, 3.63) is 35.9 Å². The van der Waals surface area contributed by atoms with Gasteiger partial charge in [-0.15, -0.1) is 0 Å². The van der Waals surface area contributed by atoms with Crippen LogP contribution < -0.4 is 5.30 Å². The van der Waals surface area contributed by atoms with Gasteiger partial charge in [0.1, 0.15) is 0 Å². The van der Waals surface area contributed by atoms with E-state index in [0.717, 1.165) is 6.42 Å². The molecule has 0 spiro atoms. The summed E-state index contributed by atoms with van der Waals surface area (Å²) in [5.41, 5.74) is 0.586. The van der Waals surface area contributed by atoms with Gasteiger partial charge >= 0.3 is 7.60 Å². The van der Waals surface area contributed by atoms with E-state index in [2.05, 4.69) is 0 Å². The maximum Gasteiger partial charge on any atom is 0.356 e. The van der Waals surface area contributed by atoms with Crippen LogP contribution in [-0.2, 0) is 4.57 Å². The van der Waals surface area contributed by atoms with Crippen LogP contribution in [-0.4, -0.2) is 9.79 Å². The number of rotatable bonds is 3. The molecule has 0 unspecified atom stereocenters. The Labute approximate surface area is 83.3 Å². The lowest BCUT2D eigenvalue weighted by Crippen LogP contribution is -2.07. The van der Waals surface area contributed by atoms with E-state index in [0.29, 0.717) is 5.56 Å². The highest BCUT2D eigenvalue weighted by atomic mass is 31.2. The number of hydrogen-bond donors (Lipinski definition) is 2. The average molecular weight is 212 g/mol. The Bertz CT molecular complexity index is 379. The van der Waals surface area contributed by atoms with Gasteiger partial charge in [0, 0.05) is 0 Å². The molecule has 0 aliphatic carbocycles. The maximum atomic E-state index is 11.1. The van der Waals surface area contributed by atoms with Crippen molar-refractivity contribution in [2.24, 2.45) is 0 Å². The van der Waals surface area contributed by atoms with Gasteiger partial charge in [0.25, 0.3) is 0 Å². The topological polar surface area (TPSA) is 57.5 Å². The second kappa shape index (κ2) is 4.56. The minimum atomic E-state index is -4.15. The van der Waals surface area contributed by atoms with E-state index in [-0.39, 0.29) is 5.30 Å².